The summed E-state index contributed by atoms with van der Waals surface area (Å²) in [6, 6.07) is 5.29. The van der Waals surface area contributed by atoms with Gasteiger partial charge in [-0.3, -0.25) is 4.79 Å². The topological polar surface area (TPSA) is 44.8 Å². The fraction of sp³-hybridized carbons (Fsp3) is 0.588. The highest BCUT2D eigenvalue weighted by Gasteiger charge is 2.43. The summed E-state index contributed by atoms with van der Waals surface area (Å²) in [5, 5.41) is 0. The van der Waals surface area contributed by atoms with E-state index in [1.807, 2.05) is 0 Å². The largest absolute Gasteiger partial charge is 0.497 e. The minimum absolute atomic E-state index is 0.0102. The van der Waals surface area contributed by atoms with Gasteiger partial charge in [0, 0.05) is 13.2 Å². The first kappa shape index (κ1) is 15.8. The van der Waals surface area contributed by atoms with Gasteiger partial charge in [0.15, 0.2) is 5.78 Å². The van der Waals surface area contributed by atoms with Gasteiger partial charge in [-0.1, -0.05) is 13.3 Å². The number of Topliss-reactive ketones (excluding diaryl/α,β-unsaturated/α-hetero) is 1. The van der Waals surface area contributed by atoms with Crippen LogP contribution in [0.4, 0.5) is 0 Å². The second kappa shape index (κ2) is 6.48. The van der Waals surface area contributed by atoms with Crippen molar-refractivity contribution in [3.05, 3.63) is 23.8 Å². The Labute approximate surface area is 126 Å². The first-order valence-corrected chi connectivity index (χ1v) is 7.38. The Balaban J connectivity index is 2.37. The molecule has 21 heavy (non-hydrogen) atoms. The third kappa shape index (κ3) is 3.05. The molecular formula is C17H24O4. The monoisotopic (exact) mass is 292 g/mol. The molecule has 0 bridgehead atoms. The first-order chi connectivity index (χ1) is 10.1. The number of ether oxygens (including phenoxy) is 3. The van der Waals surface area contributed by atoms with Crippen molar-refractivity contribution in [2.45, 2.75) is 38.2 Å². The Morgan fingerprint density at radius 2 is 2.00 bits per heavy atom. The summed E-state index contributed by atoms with van der Waals surface area (Å²) >= 11 is 0. The molecule has 1 aromatic rings. The summed E-state index contributed by atoms with van der Waals surface area (Å²) in [5.74, 6) is 1.71. The molecular weight excluding hydrogens is 268 g/mol. The van der Waals surface area contributed by atoms with Crippen LogP contribution in [0, 0.1) is 5.92 Å². The molecule has 1 aromatic carbocycles. The highest BCUT2D eigenvalue weighted by atomic mass is 16.5. The van der Waals surface area contributed by atoms with E-state index in [0.717, 1.165) is 25.7 Å². The average molecular weight is 292 g/mol. The SMILES string of the molecule is COc1ccc(C(=O)C2(OC)CCCC(C)C2)c(OC)c1. The van der Waals surface area contributed by atoms with Crippen molar-refractivity contribution in [1.29, 1.82) is 0 Å². The quantitative estimate of drug-likeness (QED) is 0.779. The van der Waals surface area contributed by atoms with E-state index in [0.29, 0.717) is 23.0 Å². The maximum Gasteiger partial charge on any atom is 0.198 e. The van der Waals surface area contributed by atoms with Crippen LogP contribution in [-0.2, 0) is 4.74 Å². The van der Waals surface area contributed by atoms with E-state index >= 15 is 0 Å². The van der Waals surface area contributed by atoms with E-state index < -0.39 is 5.60 Å². The Morgan fingerprint density at radius 3 is 2.57 bits per heavy atom. The molecule has 0 heterocycles. The van der Waals surface area contributed by atoms with Crippen molar-refractivity contribution in [1.82, 2.24) is 0 Å². The number of methoxy groups -OCH3 is 3. The van der Waals surface area contributed by atoms with Crippen molar-refractivity contribution in [3.8, 4) is 11.5 Å². The van der Waals surface area contributed by atoms with Gasteiger partial charge in [-0.25, -0.2) is 0 Å². The van der Waals surface area contributed by atoms with Gasteiger partial charge in [0.1, 0.15) is 17.1 Å². The highest BCUT2D eigenvalue weighted by molar-refractivity contribution is 6.04. The van der Waals surface area contributed by atoms with E-state index in [-0.39, 0.29) is 5.78 Å². The lowest BCUT2D eigenvalue weighted by Gasteiger charge is -2.37. The summed E-state index contributed by atoms with van der Waals surface area (Å²) in [6.45, 7) is 2.17. The fourth-order valence-electron chi connectivity index (χ4n) is 3.22. The number of carbonyl (C=O) groups is 1. The van der Waals surface area contributed by atoms with Gasteiger partial charge in [0.2, 0.25) is 0 Å². The molecule has 1 saturated carbocycles. The van der Waals surface area contributed by atoms with Crippen molar-refractivity contribution < 1.29 is 19.0 Å². The van der Waals surface area contributed by atoms with Gasteiger partial charge >= 0.3 is 0 Å². The van der Waals surface area contributed by atoms with Crippen molar-refractivity contribution in [2.24, 2.45) is 5.92 Å². The van der Waals surface area contributed by atoms with E-state index in [1.54, 1.807) is 39.5 Å². The molecule has 0 N–H and O–H groups in total. The highest BCUT2D eigenvalue weighted by Crippen LogP contribution is 2.39. The van der Waals surface area contributed by atoms with Gasteiger partial charge in [-0.15, -0.1) is 0 Å². The van der Waals surface area contributed by atoms with Crippen LogP contribution in [-0.4, -0.2) is 32.7 Å². The fourth-order valence-corrected chi connectivity index (χ4v) is 3.22. The lowest BCUT2D eigenvalue weighted by atomic mass is 9.74. The van der Waals surface area contributed by atoms with Crippen LogP contribution in [0.5, 0.6) is 11.5 Å². The number of carbonyl (C=O) groups excluding carboxylic acids is 1. The van der Waals surface area contributed by atoms with Crippen molar-refractivity contribution in [3.63, 3.8) is 0 Å². The smallest absolute Gasteiger partial charge is 0.198 e. The average Bonchev–Trinajstić information content (AvgIpc) is 2.53. The maximum atomic E-state index is 13.0. The minimum Gasteiger partial charge on any atom is -0.497 e. The zero-order valence-electron chi connectivity index (χ0n) is 13.3. The number of rotatable bonds is 5. The molecule has 0 radical (unpaired) electrons. The molecule has 0 spiro atoms. The van der Waals surface area contributed by atoms with Crippen LogP contribution in [0.3, 0.4) is 0 Å². The second-order valence-corrected chi connectivity index (χ2v) is 5.80. The van der Waals surface area contributed by atoms with Crippen LogP contribution in [0.2, 0.25) is 0 Å². The molecule has 0 aromatic heterocycles. The molecule has 4 nitrogen and oxygen atoms in total. The first-order valence-electron chi connectivity index (χ1n) is 7.38. The van der Waals surface area contributed by atoms with Gasteiger partial charge in [0.05, 0.1) is 19.8 Å². The normalized spacial score (nSPS) is 25.4. The zero-order valence-corrected chi connectivity index (χ0v) is 13.3. The molecule has 4 heteroatoms. The molecule has 1 aliphatic rings. The Bertz CT molecular complexity index is 512. The summed E-state index contributed by atoms with van der Waals surface area (Å²) in [6.07, 6.45) is 3.69. The molecule has 2 unspecified atom stereocenters. The molecule has 2 atom stereocenters. The van der Waals surface area contributed by atoms with Crippen LogP contribution in [0.1, 0.15) is 43.0 Å². The summed E-state index contributed by atoms with van der Waals surface area (Å²) in [4.78, 5) is 13.0. The van der Waals surface area contributed by atoms with E-state index in [4.69, 9.17) is 14.2 Å². The summed E-state index contributed by atoms with van der Waals surface area (Å²) in [5.41, 5.74) is -0.159. The minimum atomic E-state index is -0.723. The Kier molecular flexibility index (Phi) is 4.88. The Morgan fingerprint density at radius 1 is 1.24 bits per heavy atom. The van der Waals surface area contributed by atoms with Gasteiger partial charge in [0.25, 0.3) is 0 Å². The van der Waals surface area contributed by atoms with Crippen molar-refractivity contribution in [2.75, 3.05) is 21.3 Å². The molecule has 1 aliphatic carbocycles. The van der Waals surface area contributed by atoms with E-state index in [9.17, 15) is 4.79 Å². The van der Waals surface area contributed by atoms with Gasteiger partial charge in [-0.2, -0.15) is 0 Å². The molecule has 1 fully saturated rings. The summed E-state index contributed by atoms with van der Waals surface area (Å²) in [7, 11) is 4.79. The van der Waals surface area contributed by atoms with Crippen LogP contribution >= 0.6 is 0 Å². The van der Waals surface area contributed by atoms with E-state index in [2.05, 4.69) is 6.92 Å². The third-order valence-corrected chi connectivity index (χ3v) is 4.41. The van der Waals surface area contributed by atoms with E-state index in [1.165, 1.54) is 0 Å². The van der Waals surface area contributed by atoms with Crippen LogP contribution in [0.25, 0.3) is 0 Å². The van der Waals surface area contributed by atoms with Crippen molar-refractivity contribution >= 4 is 5.78 Å². The molecule has 116 valence electrons. The van der Waals surface area contributed by atoms with Crippen LogP contribution in [0.15, 0.2) is 18.2 Å². The molecule has 2 rings (SSSR count). The second-order valence-electron chi connectivity index (χ2n) is 5.80. The third-order valence-electron chi connectivity index (χ3n) is 4.41. The predicted molar refractivity (Wildman–Crippen MR) is 81.2 cm³/mol. The zero-order chi connectivity index (χ0) is 15.5. The van der Waals surface area contributed by atoms with Crippen LogP contribution < -0.4 is 9.47 Å². The standard InChI is InChI=1S/C17H24O4/c1-12-6-5-9-17(11-12,21-4)16(18)14-8-7-13(19-2)10-15(14)20-3/h7-8,10,12H,5-6,9,11H2,1-4H3. The predicted octanol–water partition coefficient (Wildman–Crippen LogP) is 3.48. The molecule has 0 amide bonds. The van der Waals surface area contributed by atoms with Gasteiger partial charge in [-0.05, 0) is 37.3 Å². The van der Waals surface area contributed by atoms with Gasteiger partial charge < -0.3 is 14.2 Å². The lowest BCUT2D eigenvalue weighted by Crippen LogP contribution is -2.44. The number of hydrogen-bond donors (Lipinski definition) is 0. The Hall–Kier alpha value is -1.55. The maximum absolute atomic E-state index is 13.0. The summed E-state index contributed by atoms with van der Waals surface area (Å²) < 4.78 is 16.2. The lowest BCUT2D eigenvalue weighted by molar-refractivity contribution is -0.0304. The molecule has 0 aliphatic heterocycles. The number of benzene rings is 1. The number of ketones is 1. The molecule has 0 saturated heterocycles. The number of hydrogen-bond acceptors (Lipinski definition) is 4.